The van der Waals surface area contributed by atoms with E-state index in [9.17, 15) is 14.4 Å². The van der Waals surface area contributed by atoms with Crippen LogP contribution in [0.4, 0.5) is 11.4 Å². The number of anilines is 2. The normalized spacial score (nSPS) is 13.0. The molecular formula is C21H16N2O4. The maximum absolute atomic E-state index is 12.6. The molecule has 0 bridgehead atoms. The van der Waals surface area contributed by atoms with Crippen molar-refractivity contribution >= 4 is 40.2 Å². The first-order valence-corrected chi connectivity index (χ1v) is 8.46. The molecule has 0 aliphatic carbocycles. The molecule has 0 unspecified atom stereocenters. The lowest BCUT2D eigenvalue weighted by molar-refractivity contribution is -0.123. The van der Waals surface area contributed by atoms with Gasteiger partial charge in [-0.2, -0.15) is 0 Å². The quantitative estimate of drug-likeness (QED) is 0.726. The van der Waals surface area contributed by atoms with Crippen molar-refractivity contribution in [3.8, 4) is 5.75 Å². The Labute approximate surface area is 155 Å². The summed E-state index contributed by atoms with van der Waals surface area (Å²) in [6.45, 7) is -0.310. The predicted molar refractivity (Wildman–Crippen MR) is 102 cm³/mol. The standard InChI is InChI=1S/C21H16N2O4/c24-12-14-8-9-19-18(10-14)23(21(26)13-27-19)11-20(25)22-17-7-3-5-15-4-1-2-6-16(15)17/h1-10,12H,11,13H2,(H,22,25). The smallest absolute Gasteiger partial charge is 0.265 e. The van der Waals surface area contributed by atoms with Crippen molar-refractivity contribution in [2.24, 2.45) is 0 Å². The van der Waals surface area contributed by atoms with E-state index >= 15 is 0 Å². The van der Waals surface area contributed by atoms with Crippen LogP contribution in [0.15, 0.2) is 60.7 Å². The number of amides is 2. The van der Waals surface area contributed by atoms with E-state index in [1.54, 1.807) is 18.2 Å². The Bertz CT molecular complexity index is 1060. The Balaban J connectivity index is 1.59. The van der Waals surface area contributed by atoms with Crippen molar-refractivity contribution in [3.05, 3.63) is 66.2 Å². The summed E-state index contributed by atoms with van der Waals surface area (Å²) < 4.78 is 5.38. The average Bonchev–Trinajstić information content (AvgIpc) is 2.70. The van der Waals surface area contributed by atoms with E-state index in [1.165, 1.54) is 4.90 Å². The molecule has 1 aliphatic rings. The predicted octanol–water partition coefficient (Wildman–Crippen LogP) is 3.02. The summed E-state index contributed by atoms with van der Waals surface area (Å²) >= 11 is 0. The number of hydrogen-bond acceptors (Lipinski definition) is 4. The summed E-state index contributed by atoms with van der Waals surface area (Å²) in [5, 5.41) is 4.80. The molecule has 0 spiro atoms. The molecule has 1 N–H and O–H groups in total. The second-order valence-corrected chi connectivity index (χ2v) is 6.19. The lowest BCUT2D eigenvalue weighted by atomic mass is 10.1. The summed E-state index contributed by atoms with van der Waals surface area (Å²) in [6.07, 6.45) is 0.688. The zero-order valence-corrected chi connectivity index (χ0v) is 14.3. The van der Waals surface area contributed by atoms with Gasteiger partial charge in [0.2, 0.25) is 5.91 Å². The molecule has 0 fully saturated rings. The molecule has 0 atom stereocenters. The number of rotatable bonds is 4. The van der Waals surface area contributed by atoms with E-state index in [-0.39, 0.29) is 25.0 Å². The van der Waals surface area contributed by atoms with Crippen molar-refractivity contribution in [3.63, 3.8) is 0 Å². The van der Waals surface area contributed by atoms with Gasteiger partial charge in [-0.25, -0.2) is 0 Å². The van der Waals surface area contributed by atoms with Crippen LogP contribution in [0.2, 0.25) is 0 Å². The average molecular weight is 360 g/mol. The highest BCUT2D eigenvalue weighted by molar-refractivity contribution is 6.08. The zero-order valence-electron chi connectivity index (χ0n) is 14.3. The lowest BCUT2D eigenvalue weighted by Gasteiger charge is -2.29. The Morgan fingerprint density at radius 2 is 1.93 bits per heavy atom. The van der Waals surface area contributed by atoms with Gasteiger partial charge in [-0.1, -0.05) is 36.4 Å². The topological polar surface area (TPSA) is 75.7 Å². The molecule has 134 valence electrons. The van der Waals surface area contributed by atoms with E-state index in [2.05, 4.69) is 5.32 Å². The minimum Gasteiger partial charge on any atom is -0.482 e. The van der Waals surface area contributed by atoms with Gasteiger partial charge in [0, 0.05) is 16.6 Å². The lowest BCUT2D eigenvalue weighted by Crippen LogP contribution is -2.43. The SMILES string of the molecule is O=Cc1ccc2c(c1)N(CC(=O)Nc1cccc3ccccc13)C(=O)CO2. The second kappa shape index (κ2) is 6.92. The third-order valence-corrected chi connectivity index (χ3v) is 4.43. The molecule has 4 rings (SSSR count). The summed E-state index contributed by atoms with van der Waals surface area (Å²) in [7, 11) is 0. The van der Waals surface area contributed by atoms with Crippen molar-refractivity contribution in [2.45, 2.75) is 0 Å². The Kier molecular flexibility index (Phi) is 4.30. The van der Waals surface area contributed by atoms with Crippen LogP contribution in [0.1, 0.15) is 10.4 Å². The number of ether oxygens (including phenoxy) is 1. The van der Waals surface area contributed by atoms with E-state index < -0.39 is 0 Å². The van der Waals surface area contributed by atoms with Crippen LogP contribution in [0.3, 0.4) is 0 Å². The van der Waals surface area contributed by atoms with Crippen LogP contribution in [0, 0.1) is 0 Å². The number of benzene rings is 3. The molecule has 3 aromatic carbocycles. The van der Waals surface area contributed by atoms with Gasteiger partial charge in [0.1, 0.15) is 18.6 Å². The molecule has 0 saturated heterocycles. The first-order chi connectivity index (χ1) is 13.2. The molecule has 0 aromatic heterocycles. The summed E-state index contributed by atoms with van der Waals surface area (Å²) in [4.78, 5) is 37.3. The number of nitrogens with one attached hydrogen (secondary N) is 1. The number of nitrogens with zero attached hydrogens (tertiary/aromatic N) is 1. The van der Waals surface area contributed by atoms with Crippen LogP contribution in [-0.4, -0.2) is 31.3 Å². The Hall–Kier alpha value is -3.67. The van der Waals surface area contributed by atoms with Gasteiger partial charge < -0.3 is 10.1 Å². The number of aldehydes is 1. The van der Waals surface area contributed by atoms with Crippen molar-refractivity contribution in [1.82, 2.24) is 0 Å². The number of hydrogen-bond donors (Lipinski definition) is 1. The molecular weight excluding hydrogens is 344 g/mol. The molecule has 6 heteroatoms. The third-order valence-electron chi connectivity index (χ3n) is 4.43. The van der Waals surface area contributed by atoms with E-state index in [4.69, 9.17) is 4.74 Å². The van der Waals surface area contributed by atoms with Crippen LogP contribution in [-0.2, 0) is 9.59 Å². The maximum atomic E-state index is 12.6. The van der Waals surface area contributed by atoms with E-state index in [1.807, 2.05) is 42.5 Å². The molecule has 1 aliphatic heterocycles. The second-order valence-electron chi connectivity index (χ2n) is 6.19. The van der Waals surface area contributed by atoms with Crippen LogP contribution in [0.25, 0.3) is 10.8 Å². The molecule has 3 aromatic rings. The Morgan fingerprint density at radius 1 is 1.11 bits per heavy atom. The minimum absolute atomic E-state index is 0.144. The van der Waals surface area contributed by atoms with Crippen LogP contribution >= 0.6 is 0 Å². The van der Waals surface area contributed by atoms with Gasteiger partial charge in [0.25, 0.3) is 5.91 Å². The van der Waals surface area contributed by atoms with Gasteiger partial charge in [0.15, 0.2) is 6.61 Å². The van der Waals surface area contributed by atoms with Gasteiger partial charge in [0.05, 0.1) is 5.69 Å². The van der Waals surface area contributed by atoms with E-state index in [0.29, 0.717) is 29.0 Å². The number of carbonyl (C=O) groups is 3. The molecule has 27 heavy (non-hydrogen) atoms. The van der Waals surface area contributed by atoms with Gasteiger partial charge in [-0.15, -0.1) is 0 Å². The highest BCUT2D eigenvalue weighted by Crippen LogP contribution is 2.32. The molecule has 0 saturated carbocycles. The van der Waals surface area contributed by atoms with Gasteiger partial charge in [-0.3, -0.25) is 19.3 Å². The number of fused-ring (bicyclic) bond motifs is 2. The largest absolute Gasteiger partial charge is 0.482 e. The summed E-state index contributed by atoms with van der Waals surface area (Å²) in [5.41, 5.74) is 1.51. The molecule has 2 amide bonds. The number of carbonyl (C=O) groups excluding carboxylic acids is 3. The first kappa shape index (κ1) is 16.8. The summed E-state index contributed by atoms with van der Waals surface area (Å²) in [5.74, 6) is -0.194. The van der Waals surface area contributed by atoms with Crippen molar-refractivity contribution in [2.75, 3.05) is 23.4 Å². The zero-order chi connectivity index (χ0) is 18.8. The fraction of sp³-hybridized carbons (Fsp3) is 0.0952. The fourth-order valence-corrected chi connectivity index (χ4v) is 3.13. The third kappa shape index (κ3) is 3.25. The van der Waals surface area contributed by atoms with E-state index in [0.717, 1.165) is 10.8 Å². The van der Waals surface area contributed by atoms with Gasteiger partial charge >= 0.3 is 0 Å². The van der Waals surface area contributed by atoms with Crippen LogP contribution in [0.5, 0.6) is 5.75 Å². The van der Waals surface area contributed by atoms with Crippen LogP contribution < -0.4 is 15.0 Å². The fourth-order valence-electron chi connectivity index (χ4n) is 3.13. The summed E-state index contributed by atoms with van der Waals surface area (Å²) in [6, 6.07) is 18.2. The van der Waals surface area contributed by atoms with Crippen molar-refractivity contribution < 1.29 is 19.1 Å². The highest BCUT2D eigenvalue weighted by atomic mass is 16.5. The molecule has 6 nitrogen and oxygen atoms in total. The monoisotopic (exact) mass is 360 g/mol. The minimum atomic E-state index is -0.335. The highest BCUT2D eigenvalue weighted by Gasteiger charge is 2.27. The molecule has 1 heterocycles. The Morgan fingerprint density at radius 3 is 2.78 bits per heavy atom. The molecule has 0 radical (unpaired) electrons. The maximum Gasteiger partial charge on any atom is 0.265 e. The van der Waals surface area contributed by atoms with Gasteiger partial charge in [-0.05, 0) is 29.7 Å². The first-order valence-electron chi connectivity index (χ1n) is 8.46. The van der Waals surface area contributed by atoms with Crippen molar-refractivity contribution in [1.29, 1.82) is 0 Å².